The van der Waals surface area contributed by atoms with Gasteiger partial charge in [-0.3, -0.25) is 9.59 Å². The zero-order valence-electron chi connectivity index (χ0n) is 10.4. The average Bonchev–Trinajstić information content (AvgIpc) is 2.38. The van der Waals surface area contributed by atoms with Gasteiger partial charge in [-0.2, -0.15) is 0 Å². The highest BCUT2D eigenvalue weighted by atomic mass is 35.5. The van der Waals surface area contributed by atoms with Crippen molar-refractivity contribution >= 4 is 23.5 Å². The number of hydrogen-bond acceptors (Lipinski definition) is 3. The van der Waals surface area contributed by atoms with Crippen molar-refractivity contribution in [3.05, 3.63) is 35.9 Å². The van der Waals surface area contributed by atoms with Gasteiger partial charge in [0, 0.05) is 12.5 Å². The summed E-state index contributed by atoms with van der Waals surface area (Å²) in [6.07, 6.45) is 0. The Labute approximate surface area is 112 Å². The van der Waals surface area contributed by atoms with E-state index in [9.17, 15) is 9.59 Å². The van der Waals surface area contributed by atoms with Gasteiger partial charge in [-0.15, -0.1) is 0 Å². The Morgan fingerprint density at radius 3 is 2.33 bits per heavy atom. The fraction of sp³-hybridized carbons (Fsp3) is 0.385. The molecule has 4 nitrogen and oxygen atoms in total. The van der Waals surface area contributed by atoms with Crippen LogP contribution in [0, 0.1) is 5.92 Å². The van der Waals surface area contributed by atoms with Crippen LogP contribution in [0.5, 0.6) is 0 Å². The minimum Gasteiger partial charge on any atom is -0.350 e. The third-order valence-corrected chi connectivity index (χ3v) is 2.75. The Morgan fingerprint density at radius 1 is 1.22 bits per heavy atom. The summed E-state index contributed by atoms with van der Waals surface area (Å²) >= 11 is 5.45. The van der Waals surface area contributed by atoms with Gasteiger partial charge in [0.1, 0.15) is 0 Å². The standard InChI is InChI=1S/C13H17ClN2O2/c1-9(2)12(17)11(16-14)13(18)15-8-10-6-4-3-5-7-10/h3-7,9,11,16H,8H2,1-2H3,(H,15,18). The van der Waals surface area contributed by atoms with E-state index < -0.39 is 11.9 Å². The van der Waals surface area contributed by atoms with Gasteiger partial charge < -0.3 is 5.32 Å². The molecule has 0 spiro atoms. The summed E-state index contributed by atoms with van der Waals surface area (Å²) in [5.41, 5.74) is 0.969. The first-order valence-electron chi connectivity index (χ1n) is 5.77. The van der Waals surface area contributed by atoms with Gasteiger partial charge in [-0.05, 0) is 17.3 Å². The average molecular weight is 269 g/mol. The van der Waals surface area contributed by atoms with Gasteiger partial charge in [-0.1, -0.05) is 44.2 Å². The fourth-order valence-electron chi connectivity index (χ4n) is 1.45. The maximum absolute atomic E-state index is 11.8. The van der Waals surface area contributed by atoms with E-state index in [1.807, 2.05) is 30.3 Å². The molecule has 1 rings (SSSR count). The Hall–Kier alpha value is -1.39. The monoisotopic (exact) mass is 268 g/mol. The summed E-state index contributed by atoms with van der Waals surface area (Å²) in [5.74, 6) is -0.883. The number of amides is 1. The first-order chi connectivity index (χ1) is 8.56. The van der Waals surface area contributed by atoms with Gasteiger partial charge in [0.05, 0.1) is 0 Å². The van der Waals surface area contributed by atoms with E-state index in [-0.39, 0.29) is 11.7 Å². The molecule has 18 heavy (non-hydrogen) atoms. The number of Topliss-reactive ketones (excluding diaryl/α,β-unsaturated/α-hetero) is 1. The lowest BCUT2D eigenvalue weighted by Gasteiger charge is -2.15. The normalized spacial score (nSPS) is 12.2. The Bertz CT molecular complexity index is 407. The summed E-state index contributed by atoms with van der Waals surface area (Å²) in [7, 11) is 0. The minimum absolute atomic E-state index is 0.226. The van der Waals surface area contributed by atoms with Crippen molar-refractivity contribution in [2.45, 2.75) is 26.4 Å². The van der Waals surface area contributed by atoms with Gasteiger partial charge in [0.15, 0.2) is 11.8 Å². The number of carbonyl (C=O) groups excluding carboxylic acids is 2. The molecule has 0 heterocycles. The van der Waals surface area contributed by atoms with E-state index in [0.717, 1.165) is 5.56 Å². The van der Waals surface area contributed by atoms with E-state index in [1.165, 1.54) is 0 Å². The number of halogens is 1. The first-order valence-corrected chi connectivity index (χ1v) is 6.15. The van der Waals surface area contributed by atoms with E-state index in [0.29, 0.717) is 6.54 Å². The molecule has 1 unspecified atom stereocenters. The summed E-state index contributed by atoms with van der Waals surface area (Å²) < 4.78 is 0. The summed E-state index contributed by atoms with van der Waals surface area (Å²) in [6, 6.07) is 8.46. The quantitative estimate of drug-likeness (QED) is 0.609. The van der Waals surface area contributed by atoms with Crippen molar-refractivity contribution < 1.29 is 9.59 Å². The molecule has 0 aliphatic rings. The smallest absolute Gasteiger partial charge is 0.246 e. The molecule has 0 aromatic heterocycles. The number of benzene rings is 1. The van der Waals surface area contributed by atoms with Crippen LogP contribution < -0.4 is 10.2 Å². The highest BCUT2D eigenvalue weighted by molar-refractivity contribution is 6.19. The van der Waals surface area contributed by atoms with E-state index in [2.05, 4.69) is 10.2 Å². The van der Waals surface area contributed by atoms with Gasteiger partial charge in [-0.25, -0.2) is 4.84 Å². The van der Waals surface area contributed by atoms with Crippen LogP contribution in [-0.4, -0.2) is 17.7 Å². The molecule has 1 aromatic carbocycles. The minimum atomic E-state index is -1.00. The topological polar surface area (TPSA) is 58.2 Å². The van der Waals surface area contributed by atoms with Crippen LogP contribution in [0.25, 0.3) is 0 Å². The largest absolute Gasteiger partial charge is 0.350 e. The molecule has 0 radical (unpaired) electrons. The molecule has 1 aromatic rings. The number of nitrogens with one attached hydrogen (secondary N) is 2. The second kappa shape index (κ2) is 7.13. The number of ketones is 1. The van der Waals surface area contributed by atoms with Gasteiger partial charge in [0.25, 0.3) is 0 Å². The maximum atomic E-state index is 11.8. The van der Waals surface area contributed by atoms with Crippen molar-refractivity contribution in [2.24, 2.45) is 5.92 Å². The molecule has 98 valence electrons. The highest BCUT2D eigenvalue weighted by Gasteiger charge is 2.27. The zero-order valence-corrected chi connectivity index (χ0v) is 11.2. The number of hydrogen-bond donors (Lipinski definition) is 2. The SMILES string of the molecule is CC(C)C(=O)C(NCl)C(=O)NCc1ccccc1. The Balaban J connectivity index is 2.56. The molecule has 1 atom stereocenters. The first kappa shape index (κ1) is 14.7. The molecule has 0 bridgehead atoms. The van der Waals surface area contributed by atoms with Crippen molar-refractivity contribution in [3.63, 3.8) is 0 Å². The summed E-state index contributed by atoms with van der Waals surface area (Å²) in [4.78, 5) is 25.8. The molecule has 0 aliphatic carbocycles. The highest BCUT2D eigenvalue weighted by Crippen LogP contribution is 2.02. The molecule has 2 N–H and O–H groups in total. The molecule has 0 saturated heterocycles. The predicted octanol–water partition coefficient (Wildman–Crippen LogP) is 1.64. The molecule has 0 saturated carbocycles. The van der Waals surface area contributed by atoms with Gasteiger partial charge >= 0.3 is 0 Å². The maximum Gasteiger partial charge on any atom is 0.246 e. The lowest BCUT2D eigenvalue weighted by molar-refractivity contribution is -0.132. The van der Waals surface area contributed by atoms with Crippen molar-refractivity contribution in [2.75, 3.05) is 0 Å². The molecule has 0 aliphatic heterocycles. The van der Waals surface area contributed by atoms with Crippen molar-refractivity contribution in [1.82, 2.24) is 10.2 Å². The molecule has 1 amide bonds. The zero-order chi connectivity index (χ0) is 13.5. The van der Waals surface area contributed by atoms with Crippen LogP contribution >= 0.6 is 11.8 Å². The summed E-state index contributed by atoms with van der Waals surface area (Å²) in [5, 5.41) is 2.68. The fourth-order valence-corrected chi connectivity index (χ4v) is 1.66. The van der Waals surface area contributed by atoms with Crippen LogP contribution in [0.1, 0.15) is 19.4 Å². The van der Waals surface area contributed by atoms with Crippen LogP contribution in [0.3, 0.4) is 0 Å². The molecule has 0 fully saturated rings. The Morgan fingerprint density at radius 2 is 1.83 bits per heavy atom. The van der Waals surface area contributed by atoms with E-state index in [4.69, 9.17) is 11.8 Å². The number of rotatable bonds is 6. The van der Waals surface area contributed by atoms with Crippen LogP contribution in [-0.2, 0) is 16.1 Å². The van der Waals surface area contributed by atoms with Crippen LogP contribution in [0.15, 0.2) is 30.3 Å². The van der Waals surface area contributed by atoms with Gasteiger partial charge in [0.2, 0.25) is 5.91 Å². The van der Waals surface area contributed by atoms with Crippen LogP contribution in [0.4, 0.5) is 0 Å². The number of carbonyl (C=O) groups is 2. The third-order valence-electron chi connectivity index (χ3n) is 2.53. The molecule has 5 heteroatoms. The predicted molar refractivity (Wildman–Crippen MR) is 70.9 cm³/mol. The second-order valence-corrected chi connectivity index (χ2v) is 4.52. The lowest BCUT2D eigenvalue weighted by atomic mass is 10.0. The molecular formula is C13H17ClN2O2. The van der Waals surface area contributed by atoms with E-state index >= 15 is 0 Å². The van der Waals surface area contributed by atoms with Crippen molar-refractivity contribution in [1.29, 1.82) is 0 Å². The molecular weight excluding hydrogens is 252 g/mol. The lowest BCUT2D eigenvalue weighted by Crippen LogP contribution is -2.47. The Kier molecular flexibility index (Phi) is 5.82. The third kappa shape index (κ3) is 4.13. The van der Waals surface area contributed by atoms with Crippen molar-refractivity contribution in [3.8, 4) is 0 Å². The summed E-state index contributed by atoms with van der Waals surface area (Å²) in [6.45, 7) is 3.84. The van der Waals surface area contributed by atoms with E-state index in [1.54, 1.807) is 13.8 Å². The second-order valence-electron chi connectivity index (χ2n) is 4.30. The van der Waals surface area contributed by atoms with Crippen LogP contribution in [0.2, 0.25) is 0 Å².